The van der Waals surface area contributed by atoms with Gasteiger partial charge in [-0.25, -0.2) is 0 Å². The molecule has 3 rings (SSSR count). The number of benzene rings is 1. The Kier molecular flexibility index (Phi) is 5.11. The van der Waals surface area contributed by atoms with E-state index in [4.69, 9.17) is 0 Å². The summed E-state index contributed by atoms with van der Waals surface area (Å²) >= 11 is 0. The molecular formula is C18H23N5O2. The Labute approximate surface area is 146 Å². The first-order valence-electron chi connectivity index (χ1n) is 8.62. The first kappa shape index (κ1) is 17.1. The summed E-state index contributed by atoms with van der Waals surface area (Å²) in [5.74, 6) is 1.11. The van der Waals surface area contributed by atoms with Crippen molar-refractivity contribution in [2.24, 2.45) is 5.92 Å². The van der Waals surface area contributed by atoms with Crippen LogP contribution in [0.3, 0.4) is 0 Å². The fourth-order valence-electron chi connectivity index (χ4n) is 2.91. The zero-order valence-corrected chi connectivity index (χ0v) is 14.5. The van der Waals surface area contributed by atoms with Crippen LogP contribution < -0.4 is 5.32 Å². The molecule has 1 aliphatic rings. The minimum Gasteiger partial charge on any atom is -0.339 e. The summed E-state index contributed by atoms with van der Waals surface area (Å²) in [6, 6.07) is 9.24. The Balaban J connectivity index is 1.53. The van der Waals surface area contributed by atoms with E-state index >= 15 is 0 Å². The van der Waals surface area contributed by atoms with E-state index in [1.807, 2.05) is 49.1 Å². The van der Waals surface area contributed by atoms with Gasteiger partial charge in [-0.1, -0.05) is 32.0 Å². The van der Waals surface area contributed by atoms with Crippen molar-refractivity contribution in [2.75, 3.05) is 18.4 Å². The van der Waals surface area contributed by atoms with Crippen molar-refractivity contribution >= 4 is 17.8 Å². The summed E-state index contributed by atoms with van der Waals surface area (Å²) in [5.41, 5.74) is 0.687. The van der Waals surface area contributed by atoms with Gasteiger partial charge in [-0.05, 0) is 25.0 Å². The van der Waals surface area contributed by atoms with Crippen LogP contribution in [0.25, 0.3) is 0 Å². The summed E-state index contributed by atoms with van der Waals surface area (Å²) in [6.45, 7) is 5.17. The predicted octanol–water partition coefficient (Wildman–Crippen LogP) is 2.42. The molecule has 1 aromatic carbocycles. The van der Waals surface area contributed by atoms with Crippen LogP contribution in [0.15, 0.2) is 30.3 Å². The number of piperidine rings is 1. The van der Waals surface area contributed by atoms with Crippen molar-refractivity contribution in [2.45, 2.75) is 32.6 Å². The maximum absolute atomic E-state index is 12.4. The molecule has 0 atom stereocenters. The molecule has 1 saturated heterocycles. The van der Waals surface area contributed by atoms with Crippen molar-refractivity contribution < 1.29 is 9.59 Å². The molecular weight excluding hydrogens is 318 g/mol. The number of likely N-dealkylation sites (tertiary alicyclic amines) is 1. The van der Waals surface area contributed by atoms with Crippen LogP contribution in [0, 0.1) is 5.92 Å². The smallest absolute Gasteiger partial charge is 0.253 e. The van der Waals surface area contributed by atoms with Crippen LogP contribution in [0.2, 0.25) is 0 Å². The van der Waals surface area contributed by atoms with Crippen LogP contribution >= 0.6 is 0 Å². The van der Waals surface area contributed by atoms with Crippen molar-refractivity contribution in [1.29, 1.82) is 0 Å². The number of carbonyl (C=O) groups is 2. The van der Waals surface area contributed by atoms with Gasteiger partial charge >= 0.3 is 0 Å². The number of aromatic nitrogens is 3. The zero-order valence-electron chi connectivity index (χ0n) is 14.5. The fraction of sp³-hybridized carbons (Fsp3) is 0.444. The van der Waals surface area contributed by atoms with Crippen molar-refractivity contribution in [3.05, 3.63) is 41.7 Å². The van der Waals surface area contributed by atoms with Crippen LogP contribution in [0.1, 0.15) is 48.8 Å². The molecule has 132 valence electrons. The second kappa shape index (κ2) is 7.46. The van der Waals surface area contributed by atoms with Crippen molar-refractivity contribution in [3.63, 3.8) is 0 Å². The molecule has 25 heavy (non-hydrogen) atoms. The minimum absolute atomic E-state index is 0.0231. The number of carbonyl (C=O) groups excluding carboxylic acids is 2. The second-order valence-electron chi connectivity index (χ2n) is 6.62. The third kappa shape index (κ3) is 4.04. The molecule has 7 heteroatoms. The van der Waals surface area contributed by atoms with Gasteiger partial charge in [0.1, 0.15) is 5.82 Å². The fourth-order valence-corrected chi connectivity index (χ4v) is 2.91. The van der Waals surface area contributed by atoms with Crippen molar-refractivity contribution in [1.82, 2.24) is 20.1 Å². The van der Waals surface area contributed by atoms with E-state index in [1.165, 1.54) is 0 Å². The predicted molar refractivity (Wildman–Crippen MR) is 94.2 cm³/mol. The Morgan fingerprint density at radius 2 is 1.88 bits per heavy atom. The monoisotopic (exact) mass is 341 g/mol. The summed E-state index contributed by atoms with van der Waals surface area (Å²) < 4.78 is 0. The Morgan fingerprint density at radius 1 is 1.20 bits per heavy atom. The lowest BCUT2D eigenvalue weighted by Crippen LogP contribution is -2.41. The maximum atomic E-state index is 12.4. The standard InChI is InChI=1S/C18H23N5O2/c1-12(2)15-19-18(22-21-15)20-16(24)13-8-10-23(11-9-13)17(25)14-6-4-3-5-7-14/h3-7,12-13H,8-11H2,1-2H3,(H2,19,20,21,22,24). The molecule has 0 saturated carbocycles. The molecule has 2 N–H and O–H groups in total. The topological polar surface area (TPSA) is 91.0 Å². The average molecular weight is 341 g/mol. The number of aromatic amines is 1. The van der Waals surface area contributed by atoms with E-state index in [1.54, 1.807) is 0 Å². The highest BCUT2D eigenvalue weighted by molar-refractivity contribution is 5.95. The van der Waals surface area contributed by atoms with Crippen LogP contribution in [-0.2, 0) is 4.79 Å². The molecule has 2 aromatic rings. The van der Waals surface area contributed by atoms with Gasteiger partial charge in [0, 0.05) is 30.5 Å². The van der Waals surface area contributed by atoms with E-state index in [-0.39, 0.29) is 23.7 Å². The van der Waals surface area contributed by atoms with Crippen LogP contribution in [0.5, 0.6) is 0 Å². The van der Waals surface area contributed by atoms with E-state index in [0.29, 0.717) is 37.4 Å². The maximum Gasteiger partial charge on any atom is 0.253 e. The Hall–Kier alpha value is -2.70. The molecule has 1 aromatic heterocycles. The number of H-pyrrole nitrogens is 1. The highest BCUT2D eigenvalue weighted by atomic mass is 16.2. The van der Waals surface area contributed by atoms with Gasteiger partial charge in [0.2, 0.25) is 11.9 Å². The summed E-state index contributed by atoms with van der Waals surface area (Å²) in [7, 11) is 0. The van der Waals surface area contributed by atoms with E-state index in [2.05, 4.69) is 20.5 Å². The average Bonchev–Trinajstić information content (AvgIpc) is 3.11. The molecule has 7 nitrogen and oxygen atoms in total. The Bertz CT molecular complexity index is 733. The molecule has 0 unspecified atom stereocenters. The molecule has 0 radical (unpaired) electrons. The molecule has 0 spiro atoms. The van der Waals surface area contributed by atoms with Crippen LogP contribution in [0.4, 0.5) is 5.95 Å². The molecule has 0 aliphatic carbocycles. The van der Waals surface area contributed by atoms with Gasteiger partial charge in [-0.15, -0.1) is 5.10 Å². The lowest BCUT2D eigenvalue weighted by Gasteiger charge is -2.31. The Morgan fingerprint density at radius 3 is 2.48 bits per heavy atom. The lowest BCUT2D eigenvalue weighted by molar-refractivity contribution is -0.121. The number of amides is 2. The molecule has 1 fully saturated rings. The second-order valence-corrected chi connectivity index (χ2v) is 6.62. The van der Waals surface area contributed by atoms with Gasteiger partial charge in [0.15, 0.2) is 0 Å². The zero-order chi connectivity index (χ0) is 17.8. The van der Waals surface area contributed by atoms with Crippen LogP contribution in [-0.4, -0.2) is 45.0 Å². The van der Waals surface area contributed by atoms with E-state index < -0.39 is 0 Å². The van der Waals surface area contributed by atoms with Crippen molar-refractivity contribution in [3.8, 4) is 0 Å². The van der Waals surface area contributed by atoms with Gasteiger partial charge < -0.3 is 4.90 Å². The van der Waals surface area contributed by atoms with Gasteiger partial charge in [0.05, 0.1) is 0 Å². The van der Waals surface area contributed by atoms with E-state index in [0.717, 1.165) is 5.82 Å². The minimum atomic E-state index is -0.124. The molecule has 2 amide bonds. The lowest BCUT2D eigenvalue weighted by atomic mass is 9.95. The van der Waals surface area contributed by atoms with Gasteiger partial charge in [-0.3, -0.25) is 20.0 Å². The number of anilines is 1. The first-order chi connectivity index (χ1) is 12.0. The summed E-state index contributed by atoms with van der Waals surface area (Å²) in [5, 5.41) is 9.61. The molecule has 1 aliphatic heterocycles. The first-order valence-corrected chi connectivity index (χ1v) is 8.62. The molecule has 2 heterocycles. The number of hydrogen-bond donors (Lipinski definition) is 2. The number of rotatable bonds is 4. The number of nitrogens with one attached hydrogen (secondary N) is 2. The molecule has 0 bridgehead atoms. The van der Waals surface area contributed by atoms with Gasteiger partial charge in [-0.2, -0.15) is 4.98 Å². The highest BCUT2D eigenvalue weighted by Crippen LogP contribution is 2.20. The third-order valence-electron chi connectivity index (χ3n) is 4.46. The highest BCUT2D eigenvalue weighted by Gasteiger charge is 2.28. The normalized spacial score (nSPS) is 15.4. The largest absolute Gasteiger partial charge is 0.339 e. The quantitative estimate of drug-likeness (QED) is 0.893. The summed E-state index contributed by atoms with van der Waals surface area (Å²) in [4.78, 5) is 30.9. The van der Waals surface area contributed by atoms with Gasteiger partial charge in [0.25, 0.3) is 5.91 Å². The number of hydrogen-bond acceptors (Lipinski definition) is 4. The summed E-state index contributed by atoms with van der Waals surface area (Å²) in [6.07, 6.45) is 1.29. The third-order valence-corrected chi connectivity index (χ3v) is 4.46. The number of nitrogens with zero attached hydrogens (tertiary/aromatic N) is 3. The SMILES string of the molecule is CC(C)c1nc(NC(=O)C2CCN(C(=O)c3ccccc3)CC2)n[nH]1. The van der Waals surface area contributed by atoms with E-state index in [9.17, 15) is 9.59 Å².